The van der Waals surface area contributed by atoms with E-state index in [9.17, 15) is 0 Å². The van der Waals surface area contributed by atoms with E-state index in [-0.39, 0.29) is 0 Å². The fourth-order valence-electron chi connectivity index (χ4n) is 2.41. The molecule has 104 valence electrons. The van der Waals surface area contributed by atoms with Gasteiger partial charge in [-0.3, -0.25) is 0 Å². The summed E-state index contributed by atoms with van der Waals surface area (Å²) in [6, 6.07) is 8.02. The second-order valence-corrected chi connectivity index (χ2v) is 6.28. The molecule has 1 fully saturated rings. The minimum absolute atomic E-state index is 0.703. The Labute approximate surface area is 128 Å². The van der Waals surface area contributed by atoms with Gasteiger partial charge in [0, 0.05) is 36.0 Å². The predicted octanol–water partition coefficient (Wildman–Crippen LogP) is 1.80. The van der Waals surface area contributed by atoms with Crippen LogP contribution in [0.4, 0.5) is 5.69 Å². The first kappa shape index (κ1) is 14.8. The van der Waals surface area contributed by atoms with E-state index in [2.05, 4.69) is 26.6 Å². The number of hydrogen-bond donors (Lipinski definition) is 3. The Bertz CT molecular complexity index is 419. The highest BCUT2D eigenvalue weighted by molar-refractivity contribution is 9.10. The van der Waals surface area contributed by atoms with Crippen molar-refractivity contribution in [3.63, 3.8) is 0 Å². The normalized spacial score (nSPS) is 15.4. The number of nitrogens with one attached hydrogen (secondary N) is 3. The lowest BCUT2D eigenvalue weighted by Crippen LogP contribution is -3.10. The highest BCUT2D eigenvalue weighted by Gasteiger charge is 2.13. The molecule has 5 heteroatoms. The molecule has 0 saturated carbocycles. The summed E-state index contributed by atoms with van der Waals surface area (Å²) in [5.41, 5.74) is 1.01. The lowest BCUT2D eigenvalue weighted by atomic mass is 10.3. The second kappa shape index (κ2) is 7.82. The van der Waals surface area contributed by atoms with Crippen molar-refractivity contribution in [2.75, 3.05) is 31.5 Å². The maximum atomic E-state index is 5.28. The van der Waals surface area contributed by atoms with E-state index in [4.69, 9.17) is 12.2 Å². The molecule has 1 aromatic rings. The maximum absolute atomic E-state index is 5.28. The fourth-order valence-corrected chi connectivity index (χ4v) is 3.03. The van der Waals surface area contributed by atoms with E-state index in [1.807, 2.05) is 24.3 Å². The quantitative estimate of drug-likeness (QED) is 0.563. The van der Waals surface area contributed by atoms with Crippen molar-refractivity contribution in [1.82, 2.24) is 5.32 Å². The van der Waals surface area contributed by atoms with Crippen LogP contribution in [0.5, 0.6) is 0 Å². The fraction of sp³-hybridized carbons (Fsp3) is 0.500. The third-order valence-electron chi connectivity index (χ3n) is 3.39. The molecule has 1 saturated heterocycles. The first-order valence-corrected chi connectivity index (χ1v) is 8.08. The number of likely N-dealkylation sites (tertiary alicyclic amines) is 1. The molecule has 0 bridgehead atoms. The van der Waals surface area contributed by atoms with Crippen LogP contribution in [0.2, 0.25) is 0 Å². The minimum Gasteiger partial charge on any atom is -0.362 e. The smallest absolute Gasteiger partial charge is 0.170 e. The molecule has 1 aromatic carbocycles. The van der Waals surface area contributed by atoms with Gasteiger partial charge >= 0.3 is 0 Å². The highest BCUT2D eigenvalue weighted by Crippen LogP contribution is 2.15. The van der Waals surface area contributed by atoms with Crippen molar-refractivity contribution in [3.05, 3.63) is 28.7 Å². The molecule has 0 unspecified atom stereocenters. The Kier molecular flexibility index (Phi) is 6.07. The molecule has 1 aliphatic heterocycles. The number of hydrogen-bond acceptors (Lipinski definition) is 1. The summed E-state index contributed by atoms with van der Waals surface area (Å²) in [6.07, 6.45) is 3.97. The van der Waals surface area contributed by atoms with Crippen LogP contribution in [0.15, 0.2) is 28.7 Å². The zero-order valence-corrected chi connectivity index (χ0v) is 13.4. The zero-order valence-electron chi connectivity index (χ0n) is 11.0. The zero-order chi connectivity index (χ0) is 13.5. The largest absolute Gasteiger partial charge is 0.362 e. The van der Waals surface area contributed by atoms with Gasteiger partial charge in [0.05, 0.1) is 19.6 Å². The number of halogens is 1. The highest BCUT2D eigenvalue weighted by atomic mass is 79.9. The van der Waals surface area contributed by atoms with Crippen LogP contribution in [0.25, 0.3) is 0 Å². The SMILES string of the molecule is S=C(NCCC[NH+]1CCCC1)Nc1cccc(Br)c1. The third kappa shape index (κ3) is 5.47. The summed E-state index contributed by atoms with van der Waals surface area (Å²) in [6.45, 7) is 4.90. The van der Waals surface area contributed by atoms with Gasteiger partial charge in [0.1, 0.15) is 0 Å². The van der Waals surface area contributed by atoms with Gasteiger partial charge in [0.2, 0.25) is 0 Å². The van der Waals surface area contributed by atoms with Gasteiger partial charge in [-0.1, -0.05) is 22.0 Å². The number of rotatable bonds is 5. The molecule has 2 rings (SSSR count). The average molecular weight is 343 g/mol. The molecule has 1 aliphatic rings. The number of anilines is 1. The van der Waals surface area contributed by atoms with Crippen LogP contribution in [0.3, 0.4) is 0 Å². The Morgan fingerprint density at radius 2 is 2.11 bits per heavy atom. The van der Waals surface area contributed by atoms with E-state index in [1.54, 1.807) is 4.90 Å². The van der Waals surface area contributed by atoms with Crippen molar-refractivity contribution in [2.45, 2.75) is 19.3 Å². The van der Waals surface area contributed by atoms with Crippen LogP contribution in [-0.2, 0) is 0 Å². The van der Waals surface area contributed by atoms with Gasteiger partial charge in [-0.25, -0.2) is 0 Å². The van der Waals surface area contributed by atoms with E-state index in [0.717, 1.165) is 16.7 Å². The van der Waals surface area contributed by atoms with Crippen LogP contribution >= 0.6 is 28.1 Å². The molecule has 0 spiro atoms. The second-order valence-electron chi connectivity index (χ2n) is 4.95. The molecular formula is C14H21BrN3S+. The van der Waals surface area contributed by atoms with Crippen molar-refractivity contribution in [2.24, 2.45) is 0 Å². The van der Waals surface area contributed by atoms with Crippen LogP contribution in [0.1, 0.15) is 19.3 Å². The molecular weight excluding hydrogens is 322 g/mol. The molecule has 0 atom stereocenters. The number of benzene rings is 1. The van der Waals surface area contributed by atoms with Gasteiger partial charge in [0.25, 0.3) is 0 Å². The molecule has 0 aliphatic carbocycles. The lowest BCUT2D eigenvalue weighted by molar-refractivity contribution is -0.887. The predicted molar refractivity (Wildman–Crippen MR) is 87.8 cm³/mol. The Balaban J connectivity index is 1.61. The standard InChI is InChI=1S/C14H20BrN3S/c15-12-5-3-6-13(11-12)17-14(19)16-7-4-10-18-8-1-2-9-18/h3,5-6,11H,1-2,4,7-10H2,(H2,16,17,19)/p+1. The first-order chi connectivity index (χ1) is 9.24. The molecule has 0 radical (unpaired) electrons. The van der Waals surface area contributed by atoms with Gasteiger partial charge in [-0.05, 0) is 30.4 Å². The van der Waals surface area contributed by atoms with E-state index >= 15 is 0 Å². The number of quaternary nitrogens is 1. The molecule has 0 amide bonds. The van der Waals surface area contributed by atoms with Gasteiger partial charge in [-0.15, -0.1) is 0 Å². The monoisotopic (exact) mass is 342 g/mol. The molecule has 3 nitrogen and oxygen atoms in total. The molecule has 3 N–H and O–H groups in total. The molecule has 1 heterocycles. The van der Waals surface area contributed by atoms with Crippen molar-refractivity contribution in [3.8, 4) is 0 Å². The van der Waals surface area contributed by atoms with Gasteiger partial charge < -0.3 is 15.5 Å². The Morgan fingerprint density at radius 1 is 1.32 bits per heavy atom. The summed E-state index contributed by atoms with van der Waals surface area (Å²) in [4.78, 5) is 1.74. The summed E-state index contributed by atoms with van der Waals surface area (Å²) < 4.78 is 1.05. The van der Waals surface area contributed by atoms with Crippen molar-refractivity contribution < 1.29 is 4.90 Å². The maximum Gasteiger partial charge on any atom is 0.170 e. The van der Waals surface area contributed by atoms with Crippen LogP contribution < -0.4 is 15.5 Å². The lowest BCUT2D eigenvalue weighted by Gasteiger charge is -2.13. The van der Waals surface area contributed by atoms with Crippen molar-refractivity contribution in [1.29, 1.82) is 0 Å². The summed E-state index contributed by atoms with van der Waals surface area (Å²) in [7, 11) is 0. The minimum atomic E-state index is 0.703. The van der Waals surface area contributed by atoms with E-state index in [1.165, 1.54) is 38.9 Å². The van der Waals surface area contributed by atoms with E-state index < -0.39 is 0 Å². The summed E-state index contributed by atoms with van der Waals surface area (Å²) in [5, 5.41) is 7.16. The average Bonchev–Trinajstić information content (AvgIpc) is 2.88. The summed E-state index contributed by atoms with van der Waals surface area (Å²) >= 11 is 8.73. The molecule has 0 aromatic heterocycles. The Morgan fingerprint density at radius 3 is 2.84 bits per heavy atom. The Hall–Kier alpha value is -0.650. The van der Waals surface area contributed by atoms with Gasteiger partial charge in [0.15, 0.2) is 5.11 Å². The topological polar surface area (TPSA) is 28.5 Å². The summed E-state index contributed by atoms with van der Waals surface area (Å²) in [5.74, 6) is 0. The molecule has 19 heavy (non-hydrogen) atoms. The van der Waals surface area contributed by atoms with Crippen LogP contribution in [0, 0.1) is 0 Å². The van der Waals surface area contributed by atoms with Crippen LogP contribution in [-0.4, -0.2) is 31.3 Å². The van der Waals surface area contributed by atoms with E-state index in [0.29, 0.717) is 5.11 Å². The first-order valence-electron chi connectivity index (χ1n) is 6.88. The van der Waals surface area contributed by atoms with Gasteiger partial charge in [-0.2, -0.15) is 0 Å². The third-order valence-corrected chi connectivity index (χ3v) is 4.13. The van der Waals surface area contributed by atoms with Crippen molar-refractivity contribution >= 4 is 38.9 Å². The number of thiocarbonyl (C=S) groups is 1.